The van der Waals surface area contributed by atoms with Crippen molar-refractivity contribution < 1.29 is 14.3 Å². The first-order valence-electron chi connectivity index (χ1n) is 6.32. The van der Waals surface area contributed by atoms with E-state index in [4.69, 9.17) is 4.74 Å². The van der Waals surface area contributed by atoms with Crippen LogP contribution in [0.25, 0.3) is 0 Å². The Bertz CT molecular complexity index is 236. The Morgan fingerprint density at radius 3 is 2.88 bits per heavy atom. The molecule has 0 aromatic rings. The van der Waals surface area contributed by atoms with Crippen LogP contribution in [-0.4, -0.2) is 74.9 Å². The third-order valence-corrected chi connectivity index (χ3v) is 3.16. The van der Waals surface area contributed by atoms with Crippen molar-refractivity contribution in [2.45, 2.75) is 20.0 Å². The van der Waals surface area contributed by atoms with E-state index in [9.17, 15) is 4.79 Å². The quantitative estimate of drug-likeness (QED) is 0.625. The molecule has 0 spiro atoms. The molecule has 0 saturated carbocycles. The van der Waals surface area contributed by atoms with Gasteiger partial charge in [-0.3, -0.25) is 14.6 Å². The number of methoxy groups -OCH3 is 1. The molecule has 5 nitrogen and oxygen atoms in total. The highest BCUT2D eigenvalue weighted by Gasteiger charge is 2.22. The number of carbonyl (C=O) groups excluding carboxylic acids is 1. The molecule has 1 aliphatic heterocycles. The molecule has 0 aromatic carbocycles. The lowest BCUT2D eigenvalue weighted by atomic mass is 10.2. The molecule has 100 valence electrons. The number of ether oxygens (including phenoxy) is 2. The van der Waals surface area contributed by atoms with Crippen LogP contribution in [-0.2, 0) is 14.3 Å². The highest BCUT2D eigenvalue weighted by molar-refractivity contribution is 5.71. The van der Waals surface area contributed by atoms with E-state index in [0.29, 0.717) is 6.54 Å². The molecule has 5 heteroatoms. The van der Waals surface area contributed by atoms with Crippen molar-refractivity contribution in [1.82, 2.24) is 9.80 Å². The third kappa shape index (κ3) is 5.02. The molecule has 0 radical (unpaired) electrons. The van der Waals surface area contributed by atoms with Crippen LogP contribution in [0.2, 0.25) is 0 Å². The van der Waals surface area contributed by atoms with Gasteiger partial charge in [-0.15, -0.1) is 0 Å². The molecule has 1 atom stereocenters. The first kappa shape index (κ1) is 14.4. The zero-order valence-corrected chi connectivity index (χ0v) is 11.1. The Morgan fingerprint density at radius 1 is 1.53 bits per heavy atom. The summed E-state index contributed by atoms with van der Waals surface area (Å²) in [6.45, 7) is 9.99. The van der Waals surface area contributed by atoms with Crippen molar-refractivity contribution in [3.8, 4) is 0 Å². The lowest BCUT2D eigenvalue weighted by molar-refractivity contribution is -0.142. The highest BCUT2D eigenvalue weighted by Crippen LogP contribution is 2.06. The summed E-state index contributed by atoms with van der Waals surface area (Å²) in [4.78, 5) is 15.7. The van der Waals surface area contributed by atoms with Gasteiger partial charge in [-0.2, -0.15) is 0 Å². The minimum Gasteiger partial charge on any atom is -0.468 e. The molecular weight excluding hydrogens is 220 g/mol. The maximum absolute atomic E-state index is 11.2. The molecule has 1 saturated heterocycles. The van der Waals surface area contributed by atoms with Crippen LogP contribution in [0, 0.1) is 0 Å². The number of morpholine rings is 1. The molecule has 1 fully saturated rings. The summed E-state index contributed by atoms with van der Waals surface area (Å²) in [6, 6.07) is 0. The van der Waals surface area contributed by atoms with E-state index in [1.165, 1.54) is 7.11 Å². The molecular formula is C12H24N2O3. The zero-order valence-electron chi connectivity index (χ0n) is 11.1. The van der Waals surface area contributed by atoms with Gasteiger partial charge in [0.1, 0.15) is 0 Å². The van der Waals surface area contributed by atoms with Gasteiger partial charge in [0.25, 0.3) is 0 Å². The molecule has 0 aliphatic carbocycles. The lowest BCUT2D eigenvalue weighted by Crippen LogP contribution is -2.48. The monoisotopic (exact) mass is 244 g/mol. The largest absolute Gasteiger partial charge is 0.468 e. The minimum absolute atomic E-state index is 0.185. The standard InChI is InChI=1S/C12H24N2O3/c1-4-13-6-7-17-11(8-13)9-14(5-2)10-12(15)16-3/h11H,4-10H2,1-3H3. The first-order chi connectivity index (χ1) is 8.19. The summed E-state index contributed by atoms with van der Waals surface area (Å²) in [5.74, 6) is -0.185. The average molecular weight is 244 g/mol. The highest BCUT2D eigenvalue weighted by atomic mass is 16.5. The molecule has 1 aliphatic rings. The van der Waals surface area contributed by atoms with Gasteiger partial charge in [0, 0.05) is 19.6 Å². The number of likely N-dealkylation sites (N-methyl/N-ethyl adjacent to an activating group) is 2. The van der Waals surface area contributed by atoms with Gasteiger partial charge in [0.05, 0.1) is 26.4 Å². The SMILES string of the molecule is CCN1CCOC(CN(CC)CC(=O)OC)C1. The average Bonchev–Trinajstić information content (AvgIpc) is 2.37. The second-order valence-electron chi connectivity index (χ2n) is 4.29. The van der Waals surface area contributed by atoms with Crippen LogP contribution in [0.15, 0.2) is 0 Å². The van der Waals surface area contributed by atoms with Crippen LogP contribution in [0.4, 0.5) is 0 Å². The molecule has 0 bridgehead atoms. The van der Waals surface area contributed by atoms with E-state index in [2.05, 4.69) is 21.5 Å². The van der Waals surface area contributed by atoms with Crippen LogP contribution in [0.1, 0.15) is 13.8 Å². The smallest absolute Gasteiger partial charge is 0.319 e. The molecule has 0 amide bonds. The fourth-order valence-electron chi connectivity index (χ4n) is 2.02. The second-order valence-corrected chi connectivity index (χ2v) is 4.29. The van der Waals surface area contributed by atoms with Crippen LogP contribution in [0.5, 0.6) is 0 Å². The van der Waals surface area contributed by atoms with Gasteiger partial charge >= 0.3 is 5.97 Å². The van der Waals surface area contributed by atoms with Crippen molar-refractivity contribution in [2.75, 3.05) is 53.0 Å². The lowest BCUT2D eigenvalue weighted by Gasteiger charge is -2.34. The Kier molecular flexibility index (Phi) is 6.47. The molecule has 1 rings (SSSR count). The Hall–Kier alpha value is -0.650. The number of esters is 1. The van der Waals surface area contributed by atoms with Crippen molar-refractivity contribution in [1.29, 1.82) is 0 Å². The number of carbonyl (C=O) groups is 1. The molecule has 17 heavy (non-hydrogen) atoms. The van der Waals surface area contributed by atoms with E-state index < -0.39 is 0 Å². The Morgan fingerprint density at radius 2 is 2.29 bits per heavy atom. The minimum atomic E-state index is -0.185. The van der Waals surface area contributed by atoms with Gasteiger partial charge in [-0.25, -0.2) is 0 Å². The second kappa shape index (κ2) is 7.63. The summed E-state index contributed by atoms with van der Waals surface area (Å²) >= 11 is 0. The number of hydrogen-bond donors (Lipinski definition) is 0. The third-order valence-electron chi connectivity index (χ3n) is 3.16. The fraction of sp³-hybridized carbons (Fsp3) is 0.917. The summed E-state index contributed by atoms with van der Waals surface area (Å²) in [6.07, 6.45) is 0.202. The number of nitrogens with zero attached hydrogens (tertiary/aromatic N) is 2. The maximum Gasteiger partial charge on any atom is 0.319 e. The summed E-state index contributed by atoms with van der Waals surface area (Å²) in [5, 5.41) is 0. The fourth-order valence-corrected chi connectivity index (χ4v) is 2.02. The van der Waals surface area contributed by atoms with Crippen LogP contribution >= 0.6 is 0 Å². The van der Waals surface area contributed by atoms with Gasteiger partial charge < -0.3 is 9.47 Å². The predicted octanol–water partition coefficient (Wildman–Crippen LogP) is 0.202. The Balaban J connectivity index is 2.36. The summed E-state index contributed by atoms with van der Waals surface area (Å²) in [5.41, 5.74) is 0. The summed E-state index contributed by atoms with van der Waals surface area (Å²) < 4.78 is 10.4. The van der Waals surface area contributed by atoms with Gasteiger partial charge in [0.2, 0.25) is 0 Å². The van der Waals surface area contributed by atoms with Crippen molar-refractivity contribution in [2.24, 2.45) is 0 Å². The maximum atomic E-state index is 11.2. The van der Waals surface area contributed by atoms with Gasteiger partial charge in [-0.05, 0) is 13.1 Å². The zero-order chi connectivity index (χ0) is 12.7. The summed E-state index contributed by atoms with van der Waals surface area (Å²) in [7, 11) is 1.42. The first-order valence-corrected chi connectivity index (χ1v) is 6.32. The van der Waals surface area contributed by atoms with Crippen LogP contribution < -0.4 is 0 Å². The molecule has 1 unspecified atom stereocenters. The molecule has 0 N–H and O–H groups in total. The van der Waals surface area contributed by atoms with E-state index >= 15 is 0 Å². The normalized spacial score (nSPS) is 21.8. The topological polar surface area (TPSA) is 42.0 Å². The predicted molar refractivity (Wildman–Crippen MR) is 66.0 cm³/mol. The van der Waals surface area contributed by atoms with Gasteiger partial charge in [-0.1, -0.05) is 13.8 Å². The van der Waals surface area contributed by atoms with Crippen molar-refractivity contribution in [3.05, 3.63) is 0 Å². The number of hydrogen-bond acceptors (Lipinski definition) is 5. The van der Waals surface area contributed by atoms with Crippen LogP contribution in [0.3, 0.4) is 0 Å². The molecule has 0 aromatic heterocycles. The van der Waals surface area contributed by atoms with E-state index in [1.807, 2.05) is 6.92 Å². The van der Waals surface area contributed by atoms with Crippen molar-refractivity contribution in [3.63, 3.8) is 0 Å². The van der Waals surface area contributed by atoms with E-state index in [1.54, 1.807) is 0 Å². The van der Waals surface area contributed by atoms with E-state index in [-0.39, 0.29) is 12.1 Å². The number of rotatable bonds is 6. The Labute approximate surface area is 104 Å². The van der Waals surface area contributed by atoms with E-state index in [0.717, 1.165) is 39.3 Å². The van der Waals surface area contributed by atoms with Gasteiger partial charge in [0.15, 0.2) is 0 Å². The van der Waals surface area contributed by atoms with Crippen molar-refractivity contribution >= 4 is 5.97 Å². The molecule has 1 heterocycles.